The van der Waals surface area contributed by atoms with Crippen molar-refractivity contribution in [1.82, 2.24) is 10.6 Å². The third-order valence-electron chi connectivity index (χ3n) is 4.41. The van der Waals surface area contributed by atoms with E-state index in [4.69, 9.17) is 13.9 Å². The number of nitrogens with one attached hydrogen (secondary N) is 2. The first-order valence-electron chi connectivity index (χ1n) is 9.74. The highest BCUT2D eigenvalue weighted by Gasteiger charge is 2.15. The lowest BCUT2D eigenvalue weighted by molar-refractivity contribution is -0.117. The van der Waals surface area contributed by atoms with Gasteiger partial charge in [-0.05, 0) is 55.0 Å². The number of amides is 2. The molecule has 2 amide bonds. The number of ether oxygens (including phenoxy) is 2. The molecule has 0 aliphatic carbocycles. The Morgan fingerprint density at radius 2 is 1.81 bits per heavy atom. The lowest BCUT2D eigenvalue weighted by Crippen LogP contribution is -2.36. The molecule has 0 spiro atoms. The normalized spacial score (nSPS) is 11.0. The van der Waals surface area contributed by atoms with Crippen LogP contribution in [0.4, 0.5) is 0 Å². The van der Waals surface area contributed by atoms with Crippen LogP contribution < -0.4 is 20.1 Å². The Bertz CT molecular complexity index is 1040. The summed E-state index contributed by atoms with van der Waals surface area (Å²) < 4.78 is 16.1. The van der Waals surface area contributed by atoms with Gasteiger partial charge in [-0.1, -0.05) is 18.2 Å². The molecular formula is C24H24N2O5. The van der Waals surface area contributed by atoms with Crippen molar-refractivity contribution < 1.29 is 23.5 Å². The van der Waals surface area contributed by atoms with Gasteiger partial charge in [0, 0.05) is 11.6 Å². The molecule has 3 rings (SSSR count). The van der Waals surface area contributed by atoms with Crippen molar-refractivity contribution in [3.05, 3.63) is 89.5 Å². The van der Waals surface area contributed by atoms with Crippen LogP contribution in [0, 0.1) is 6.92 Å². The van der Waals surface area contributed by atoms with Crippen LogP contribution >= 0.6 is 0 Å². The largest absolute Gasteiger partial charge is 0.497 e. The van der Waals surface area contributed by atoms with Gasteiger partial charge in [0.25, 0.3) is 11.8 Å². The van der Waals surface area contributed by atoms with Gasteiger partial charge in [-0.2, -0.15) is 0 Å². The summed E-state index contributed by atoms with van der Waals surface area (Å²) in [4.78, 5) is 25.3. The maximum atomic E-state index is 12.7. The molecule has 0 aliphatic heterocycles. The van der Waals surface area contributed by atoms with Crippen LogP contribution in [0.2, 0.25) is 0 Å². The van der Waals surface area contributed by atoms with Crippen LogP contribution in [0.3, 0.4) is 0 Å². The number of hydrogen-bond acceptors (Lipinski definition) is 5. The Balaban J connectivity index is 1.63. The molecular weight excluding hydrogens is 396 g/mol. The standard InChI is InChI=1S/C24H24N2O5/c1-17-6-3-4-8-22(17)31-15-13-25-24(28)21(16-20-7-5-14-30-20)26-23(27)18-9-11-19(29-2)12-10-18/h3-12,14,16H,13,15H2,1-2H3,(H,25,28)(H,26,27)/b21-16-. The summed E-state index contributed by atoms with van der Waals surface area (Å²) in [5.41, 5.74) is 1.47. The van der Waals surface area contributed by atoms with Crippen molar-refractivity contribution in [1.29, 1.82) is 0 Å². The van der Waals surface area contributed by atoms with Gasteiger partial charge in [0.2, 0.25) is 0 Å². The molecule has 0 saturated carbocycles. The lowest BCUT2D eigenvalue weighted by atomic mass is 10.2. The van der Waals surface area contributed by atoms with Crippen molar-refractivity contribution in [3.63, 3.8) is 0 Å². The lowest BCUT2D eigenvalue weighted by Gasteiger charge is -2.12. The zero-order valence-electron chi connectivity index (χ0n) is 17.4. The minimum Gasteiger partial charge on any atom is -0.497 e. The number of aryl methyl sites for hydroxylation is 1. The number of furan rings is 1. The zero-order chi connectivity index (χ0) is 22.1. The number of carbonyl (C=O) groups excluding carboxylic acids is 2. The van der Waals surface area contributed by atoms with Gasteiger partial charge in [0.15, 0.2) is 0 Å². The van der Waals surface area contributed by atoms with Crippen molar-refractivity contribution >= 4 is 17.9 Å². The summed E-state index contributed by atoms with van der Waals surface area (Å²) in [6, 6.07) is 17.6. The molecule has 0 unspecified atom stereocenters. The van der Waals surface area contributed by atoms with Crippen LogP contribution in [0.15, 0.2) is 77.0 Å². The smallest absolute Gasteiger partial charge is 0.268 e. The fourth-order valence-corrected chi connectivity index (χ4v) is 2.75. The highest BCUT2D eigenvalue weighted by Crippen LogP contribution is 2.16. The molecule has 1 heterocycles. The third kappa shape index (κ3) is 6.24. The van der Waals surface area contributed by atoms with Crippen molar-refractivity contribution in [2.75, 3.05) is 20.3 Å². The van der Waals surface area contributed by atoms with Gasteiger partial charge in [0.05, 0.1) is 19.9 Å². The highest BCUT2D eigenvalue weighted by molar-refractivity contribution is 6.05. The number of carbonyl (C=O) groups is 2. The van der Waals surface area contributed by atoms with Crippen molar-refractivity contribution in [2.45, 2.75) is 6.92 Å². The van der Waals surface area contributed by atoms with Crippen LogP contribution in [0.5, 0.6) is 11.5 Å². The molecule has 1 aromatic heterocycles. The van der Waals surface area contributed by atoms with E-state index in [0.717, 1.165) is 11.3 Å². The Hall–Kier alpha value is -4.00. The molecule has 0 saturated heterocycles. The number of methoxy groups -OCH3 is 1. The molecule has 3 aromatic rings. The maximum Gasteiger partial charge on any atom is 0.268 e. The van der Waals surface area contributed by atoms with Crippen molar-refractivity contribution in [2.24, 2.45) is 0 Å². The first-order valence-corrected chi connectivity index (χ1v) is 9.74. The van der Waals surface area contributed by atoms with Gasteiger partial charge < -0.3 is 24.5 Å². The van der Waals surface area contributed by atoms with E-state index in [1.807, 2.05) is 31.2 Å². The van der Waals surface area contributed by atoms with E-state index in [1.165, 1.54) is 12.3 Å². The van der Waals surface area contributed by atoms with Crippen LogP contribution in [-0.4, -0.2) is 32.1 Å². The van der Waals surface area contributed by atoms with Gasteiger partial charge in [-0.25, -0.2) is 0 Å². The molecule has 7 nitrogen and oxygen atoms in total. The summed E-state index contributed by atoms with van der Waals surface area (Å²) in [6.45, 7) is 2.50. The second-order valence-electron chi connectivity index (χ2n) is 6.63. The summed E-state index contributed by atoms with van der Waals surface area (Å²) in [5, 5.41) is 5.40. The van der Waals surface area contributed by atoms with E-state index in [2.05, 4.69) is 10.6 Å². The van der Waals surface area contributed by atoms with Crippen LogP contribution in [0.1, 0.15) is 21.7 Å². The van der Waals surface area contributed by atoms with Crippen LogP contribution in [0.25, 0.3) is 6.08 Å². The molecule has 160 valence electrons. The molecule has 0 bridgehead atoms. The average molecular weight is 420 g/mol. The van der Waals surface area contributed by atoms with E-state index >= 15 is 0 Å². The quantitative estimate of drug-likeness (QED) is 0.408. The average Bonchev–Trinajstić information content (AvgIpc) is 3.30. The summed E-state index contributed by atoms with van der Waals surface area (Å²) in [6.07, 6.45) is 2.96. The Kier molecular flexibility index (Phi) is 7.48. The van der Waals surface area contributed by atoms with Gasteiger partial charge in [-0.15, -0.1) is 0 Å². The highest BCUT2D eigenvalue weighted by atomic mass is 16.5. The molecule has 31 heavy (non-hydrogen) atoms. The predicted molar refractivity (Wildman–Crippen MR) is 117 cm³/mol. The van der Waals surface area contributed by atoms with Gasteiger partial charge in [-0.3, -0.25) is 9.59 Å². The SMILES string of the molecule is COc1ccc(C(=O)N/C(=C\c2ccco2)C(=O)NCCOc2ccccc2C)cc1. The van der Waals surface area contributed by atoms with Gasteiger partial charge >= 0.3 is 0 Å². The molecule has 0 fully saturated rings. The molecule has 0 aliphatic rings. The number of hydrogen-bond donors (Lipinski definition) is 2. The minimum atomic E-state index is -0.452. The topological polar surface area (TPSA) is 89.8 Å². The molecule has 2 aromatic carbocycles. The first kappa shape index (κ1) is 21.7. The first-order chi connectivity index (χ1) is 15.1. The number of benzene rings is 2. The van der Waals surface area contributed by atoms with E-state index in [-0.39, 0.29) is 18.8 Å². The molecule has 0 atom stereocenters. The predicted octanol–water partition coefficient (Wildman–Crippen LogP) is 3.56. The van der Waals surface area contributed by atoms with Crippen molar-refractivity contribution in [3.8, 4) is 11.5 Å². The molecule has 2 N–H and O–H groups in total. The fourth-order valence-electron chi connectivity index (χ4n) is 2.75. The van der Waals surface area contributed by atoms with Crippen LogP contribution in [-0.2, 0) is 4.79 Å². The second-order valence-corrected chi connectivity index (χ2v) is 6.63. The second kappa shape index (κ2) is 10.7. The van der Waals surface area contributed by atoms with E-state index < -0.39 is 11.8 Å². The summed E-state index contributed by atoms with van der Waals surface area (Å²) in [5.74, 6) is 0.958. The maximum absolute atomic E-state index is 12.7. The van der Waals surface area contributed by atoms with Gasteiger partial charge in [0.1, 0.15) is 29.6 Å². The minimum absolute atomic E-state index is 0.0617. The fraction of sp³-hybridized carbons (Fsp3) is 0.167. The summed E-state index contributed by atoms with van der Waals surface area (Å²) in [7, 11) is 1.55. The summed E-state index contributed by atoms with van der Waals surface area (Å²) >= 11 is 0. The van der Waals surface area contributed by atoms with E-state index in [9.17, 15) is 9.59 Å². The molecule has 0 radical (unpaired) electrons. The monoisotopic (exact) mass is 420 g/mol. The zero-order valence-corrected chi connectivity index (χ0v) is 17.4. The Labute approximate surface area is 180 Å². The Morgan fingerprint density at radius 1 is 1.03 bits per heavy atom. The van der Waals surface area contributed by atoms with E-state index in [0.29, 0.717) is 17.1 Å². The molecule has 7 heteroatoms. The van der Waals surface area contributed by atoms with E-state index in [1.54, 1.807) is 43.5 Å². The number of rotatable bonds is 9. The Morgan fingerprint density at radius 3 is 2.48 bits per heavy atom. The third-order valence-corrected chi connectivity index (χ3v) is 4.41. The number of para-hydroxylation sites is 1.